The van der Waals surface area contributed by atoms with Crippen LogP contribution < -0.4 is 9.64 Å². The molecule has 1 fully saturated rings. The average molecular weight is 474 g/mol. The molecule has 0 spiro atoms. The molecule has 1 saturated heterocycles. The molecule has 0 saturated carbocycles. The van der Waals surface area contributed by atoms with Crippen LogP contribution in [0.15, 0.2) is 71.6 Å². The third-order valence-electron chi connectivity index (χ3n) is 4.50. The van der Waals surface area contributed by atoms with E-state index >= 15 is 0 Å². The molecule has 3 aromatic rings. The van der Waals surface area contributed by atoms with E-state index in [4.69, 9.17) is 28.6 Å². The van der Waals surface area contributed by atoms with Crippen LogP contribution >= 0.6 is 35.6 Å². The van der Waals surface area contributed by atoms with E-state index in [1.54, 1.807) is 36.4 Å². The van der Waals surface area contributed by atoms with Gasteiger partial charge >= 0.3 is 0 Å². The van der Waals surface area contributed by atoms with Crippen LogP contribution in [-0.4, -0.2) is 10.2 Å². The molecule has 0 bridgehead atoms. The van der Waals surface area contributed by atoms with Crippen molar-refractivity contribution in [1.29, 1.82) is 0 Å². The molecule has 8 heteroatoms. The number of benzene rings is 3. The number of rotatable bonds is 5. The van der Waals surface area contributed by atoms with Gasteiger partial charge in [-0.3, -0.25) is 9.69 Å². The highest BCUT2D eigenvalue weighted by molar-refractivity contribution is 8.27. The number of anilines is 1. The maximum Gasteiger partial charge on any atom is 0.270 e. The summed E-state index contributed by atoms with van der Waals surface area (Å²) >= 11 is 12.5. The number of halogens is 3. The van der Waals surface area contributed by atoms with Crippen molar-refractivity contribution in [3.05, 3.63) is 99.4 Å². The summed E-state index contributed by atoms with van der Waals surface area (Å²) in [5, 5.41) is 0.305. The number of thiocarbonyl (C=S) groups is 1. The first kappa shape index (κ1) is 21.5. The zero-order valence-electron chi connectivity index (χ0n) is 15.8. The maximum atomic E-state index is 13.8. The number of nitrogens with zero attached hydrogens (tertiary/aromatic N) is 1. The van der Waals surface area contributed by atoms with Gasteiger partial charge in [0.1, 0.15) is 24.0 Å². The Morgan fingerprint density at radius 2 is 1.74 bits per heavy atom. The molecule has 0 N–H and O–H groups in total. The quantitative estimate of drug-likeness (QED) is 0.308. The van der Waals surface area contributed by atoms with Gasteiger partial charge in [0.05, 0.1) is 15.6 Å². The van der Waals surface area contributed by atoms with Crippen LogP contribution in [0.25, 0.3) is 6.08 Å². The van der Waals surface area contributed by atoms with Gasteiger partial charge in [0.25, 0.3) is 5.91 Å². The number of amides is 1. The molecule has 0 radical (unpaired) electrons. The zero-order chi connectivity index (χ0) is 22.0. The average Bonchev–Trinajstić information content (AvgIpc) is 3.02. The number of carbonyl (C=O) groups excluding carboxylic acids is 1. The number of hydrogen-bond donors (Lipinski definition) is 0. The minimum atomic E-state index is -0.424. The highest BCUT2D eigenvalue weighted by Crippen LogP contribution is 2.36. The second kappa shape index (κ2) is 9.18. The Kier molecular flexibility index (Phi) is 6.36. The van der Waals surface area contributed by atoms with Crippen LogP contribution in [0.3, 0.4) is 0 Å². The lowest BCUT2D eigenvalue weighted by Crippen LogP contribution is -2.27. The maximum absolute atomic E-state index is 13.8. The topological polar surface area (TPSA) is 29.5 Å². The van der Waals surface area contributed by atoms with E-state index in [1.165, 1.54) is 53.1 Å². The van der Waals surface area contributed by atoms with Gasteiger partial charge in [-0.1, -0.05) is 53.8 Å². The van der Waals surface area contributed by atoms with Crippen molar-refractivity contribution in [2.24, 2.45) is 0 Å². The van der Waals surface area contributed by atoms with Gasteiger partial charge < -0.3 is 4.74 Å². The van der Waals surface area contributed by atoms with Crippen molar-refractivity contribution in [2.45, 2.75) is 6.61 Å². The molecule has 0 aliphatic carbocycles. The monoisotopic (exact) mass is 473 g/mol. The molecular formula is C23H14ClF2NO2S2. The van der Waals surface area contributed by atoms with Crippen molar-refractivity contribution >= 4 is 57.6 Å². The standard InChI is InChI=1S/C23H14ClF2NO2S2/c24-19-2-1-3-20(26)18(19)13-29-17-10-4-14(5-11-17)12-21-22(28)27(23(30)31-21)16-8-6-15(25)7-9-16/h1-12H,13H2/b21-12+. The first-order valence-electron chi connectivity index (χ1n) is 9.11. The van der Waals surface area contributed by atoms with Gasteiger partial charge in [-0.05, 0) is 60.2 Å². The largest absolute Gasteiger partial charge is 0.489 e. The Morgan fingerprint density at radius 1 is 1.03 bits per heavy atom. The summed E-state index contributed by atoms with van der Waals surface area (Å²) in [5.74, 6) is -0.539. The minimum Gasteiger partial charge on any atom is -0.489 e. The van der Waals surface area contributed by atoms with E-state index in [9.17, 15) is 13.6 Å². The molecule has 4 rings (SSSR count). The van der Waals surface area contributed by atoms with E-state index in [-0.39, 0.29) is 23.9 Å². The smallest absolute Gasteiger partial charge is 0.270 e. The number of carbonyl (C=O) groups is 1. The molecule has 0 atom stereocenters. The summed E-state index contributed by atoms with van der Waals surface area (Å²) in [4.78, 5) is 14.6. The molecule has 3 aromatic carbocycles. The van der Waals surface area contributed by atoms with Crippen LogP contribution in [0, 0.1) is 11.6 Å². The first-order valence-corrected chi connectivity index (χ1v) is 10.7. The van der Waals surface area contributed by atoms with Gasteiger partial charge in [0, 0.05) is 5.56 Å². The van der Waals surface area contributed by atoms with Crippen molar-refractivity contribution in [2.75, 3.05) is 4.90 Å². The van der Waals surface area contributed by atoms with Crippen LogP contribution in [0.1, 0.15) is 11.1 Å². The second-order valence-corrected chi connectivity index (χ2v) is 8.63. The molecule has 1 amide bonds. The number of ether oxygens (including phenoxy) is 1. The van der Waals surface area contributed by atoms with Crippen molar-refractivity contribution in [3.8, 4) is 5.75 Å². The first-order chi connectivity index (χ1) is 14.9. The zero-order valence-corrected chi connectivity index (χ0v) is 18.2. The molecule has 0 aromatic heterocycles. The van der Waals surface area contributed by atoms with E-state index in [0.29, 0.717) is 25.7 Å². The Labute approximate surface area is 192 Å². The predicted molar refractivity (Wildman–Crippen MR) is 124 cm³/mol. The minimum absolute atomic E-state index is 0.00117. The van der Waals surface area contributed by atoms with Gasteiger partial charge in [-0.25, -0.2) is 8.78 Å². The number of thioether (sulfide) groups is 1. The van der Waals surface area contributed by atoms with Gasteiger partial charge in [-0.15, -0.1) is 0 Å². The summed E-state index contributed by atoms with van der Waals surface area (Å²) in [6.45, 7) is 0.00117. The van der Waals surface area contributed by atoms with Gasteiger partial charge in [0.15, 0.2) is 4.32 Å². The molecule has 0 unspecified atom stereocenters. The van der Waals surface area contributed by atoms with E-state index in [2.05, 4.69) is 0 Å². The second-order valence-electron chi connectivity index (χ2n) is 6.55. The van der Waals surface area contributed by atoms with Crippen LogP contribution in [-0.2, 0) is 11.4 Å². The lowest BCUT2D eigenvalue weighted by Gasteiger charge is -2.14. The summed E-state index contributed by atoms with van der Waals surface area (Å²) < 4.78 is 33.0. The lowest BCUT2D eigenvalue weighted by atomic mass is 10.2. The molecule has 3 nitrogen and oxygen atoms in total. The van der Waals surface area contributed by atoms with Crippen LogP contribution in [0.2, 0.25) is 5.02 Å². The lowest BCUT2D eigenvalue weighted by molar-refractivity contribution is -0.113. The molecule has 31 heavy (non-hydrogen) atoms. The Balaban J connectivity index is 1.46. The Morgan fingerprint density at radius 3 is 2.42 bits per heavy atom. The third-order valence-corrected chi connectivity index (χ3v) is 6.16. The van der Waals surface area contributed by atoms with Crippen LogP contribution in [0.5, 0.6) is 5.75 Å². The Bertz CT molecular complexity index is 1160. The fraction of sp³-hybridized carbons (Fsp3) is 0.0435. The summed E-state index contributed by atoms with van der Waals surface area (Å²) in [6.07, 6.45) is 1.72. The van der Waals surface area contributed by atoms with Gasteiger partial charge in [-0.2, -0.15) is 0 Å². The summed E-state index contributed by atoms with van der Waals surface area (Å²) in [7, 11) is 0. The van der Waals surface area contributed by atoms with Crippen molar-refractivity contribution < 1.29 is 18.3 Å². The summed E-state index contributed by atoms with van der Waals surface area (Å²) in [5.41, 5.74) is 1.58. The SMILES string of the molecule is O=C1/C(=C\c2ccc(OCc3c(F)cccc3Cl)cc2)SC(=S)N1c1ccc(F)cc1. The normalized spacial score (nSPS) is 15.1. The molecule has 1 heterocycles. The molecule has 1 aliphatic rings. The molecular weight excluding hydrogens is 460 g/mol. The highest BCUT2D eigenvalue weighted by atomic mass is 35.5. The predicted octanol–water partition coefficient (Wildman–Crippen LogP) is 6.60. The van der Waals surface area contributed by atoms with E-state index in [1.807, 2.05) is 0 Å². The third kappa shape index (κ3) is 4.79. The number of hydrogen-bond acceptors (Lipinski definition) is 4. The fourth-order valence-electron chi connectivity index (χ4n) is 2.92. The van der Waals surface area contributed by atoms with E-state index < -0.39 is 5.82 Å². The molecule has 156 valence electrons. The highest BCUT2D eigenvalue weighted by Gasteiger charge is 2.33. The Hall–Kier alpha value is -2.74. The van der Waals surface area contributed by atoms with Gasteiger partial charge in [0.2, 0.25) is 0 Å². The van der Waals surface area contributed by atoms with Crippen molar-refractivity contribution in [3.63, 3.8) is 0 Å². The van der Waals surface area contributed by atoms with Crippen LogP contribution in [0.4, 0.5) is 14.5 Å². The summed E-state index contributed by atoms with van der Waals surface area (Å²) in [6, 6.07) is 17.1. The molecule has 1 aliphatic heterocycles. The van der Waals surface area contributed by atoms with Crippen molar-refractivity contribution in [1.82, 2.24) is 0 Å². The fourth-order valence-corrected chi connectivity index (χ4v) is 4.43. The van der Waals surface area contributed by atoms with E-state index in [0.717, 1.165) is 5.56 Å².